The van der Waals surface area contributed by atoms with Crippen molar-refractivity contribution in [1.29, 1.82) is 0 Å². The van der Waals surface area contributed by atoms with Gasteiger partial charge in [0.25, 0.3) is 0 Å². The fourth-order valence-corrected chi connectivity index (χ4v) is 3.96. The highest BCUT2D eigenvalue weighted by atomic mass is 31.0. The summed E-state index contributed by atoms with van der Waals surface area (Å²) < 4.78 is 20.0. The fraction of sp³-hybridized carbons (Fsp3) is 0.600. The van der Waals surface area contributed by atoms with Gasteiger partial charge >= 0.3 is 0 Å². The predicted molar refractivity (Wildman–Crippen MR) is 116 cm³/mol. The zero-order valence-electron chi connectivity index (χ0n) is 16.9. The van der Waals surface area contributed by atoms with E-state index in [1.807, 2.05) is 0 Å². The van der Waals surface area contributed by atoms with Crippen LogP contribution in [0.3, 0.4) is 0 Å². The molecule has 0 aliphatic heterocycles. The SMILES string of the molecule is Bc1c(P)cc(C)c(F)c1OCC(=O)C(CCCCN)NC(=O)C1CCCC1. The average molecular weight is 408 g/mol. The number of amides is 1. The summed E-state index contributed by atoms with van der Waals surface area (Å²) in [6, 6.07) is 1.10. The van der Waals surface area contributed by atoms with Gasteiger partial charge in [0.05, 0.1) is 6.04 Å². The molecule has 28 heavy (non-hydrogen) atoms. The molecule has 2 rings (SSSR count). The maximum Gasteiger partial charge on any atom is 0.223 e. The van der Waals surface area contributed by atoms with Crippen molar-refractivity contribution >= 4 is 39.5 Å². The summed E-state index contributed by atoms with van der Waals surface area (Å²) in [6.45, 7) is 1.93. The second kappa shape index (κ2) is 10.9. The van der Waals surface area contributed by atoms with E-state index in [4.69, 9.17) is 10.5 Å². The molecular formula is C20H31BFN2O3P. The summed E-state index contributed by atoms with van der Waals surface area (Å²) in [5, 5.41) is 3.73. The van der Waals surface area contributed by atoms with Crippen molar-refractivity contribution in [3.05, 3.63) is 17.4 Å². The number of rotatable bonds is 10. The zero-order chi connectivity index (χ0) is 20.7. The topological polar surface area (TPSA) is 81.4 Å². The highest BCUT2D eigenvalue weighted by Gasteiger charge is 2.28. The van der Waals surface area contributed by atoms with Gasteiger partial charge in [0.1, 0.15) is 20.2 Å². The maximum absolute atomic E-state index is 14.4. The second-order valence-electron chi connectivity index (χ2n) is 7.63. The van der Waals surface area contributed by atoms with E-state index in [0.717, 1.165) is 43.8 Å². The van der Waals surface area contributed by atoms with Crippen LogP contribution >= 0.6 is 9.24 Å². The Hall–Kier alpha value is -1.46. The number of ketones is 1. The summed E-state index contributed by atoms with van der Waals surface area (Å²) in [6.07, 6.45) is 5.89. The van der Waals surface area contributed by atoms with E-state index >= 15 is 0 Å². The minimum Gasteiger partial charge on any atom is -0.483 e. The Morgan fingerprint density at radius 1 is 1.39 bits per heavy atom. The normalized spacial score (nSPS) is 15.4. The lowest BCUT2D eigenvalue weighted by atomic mass is 9.93. The molecule has 1 aromatic rings. The molecule has 0 radical (unpaired) electrons. The van der Waals surface area contributed by atoms with Crippen molar-refractivity contribution < 1.29 is 18.7 Å². The molecule has 3 N–H and O–H groups in total. The highest BCUT2D eigenvalue weighted by Crippen LogP contribution is 2.25. The predicted octanol–water partition coefficient (Wildman–Crippen LogP) is 0.645. The number of aryl methyl sites for hydroxylation is 1. The lowest BCUT2D eigenvalue weighted by Gasteiger charge is -2.21. The quantitative estimate of drug-likeness (QED) is 0.339. The zero-order valence-corrected chi connectivity index (χ0v) is 18.0. The van der Waals surface area contributed by atoms with Crippen LogP contribution in [-0.4, -0.2) is 38.7 Å². The summed E-state index contributed by atoms with van der Waals surface area (Å²) in [5.41, 5.74) is 6.66. The van der Waals surface area contributed by atoms with Crippen LogP contribution in [0.4, 0.5) is 4.39 Å². The van der Waals surface area contributed by atoms with E-state index in [-0.39, 0.29) is 30.0 Å². The van der Waals surface area contributed by atoms with E-state index in [2.05, 4.69) is 14.6 Å². The lowest BCUT2D eigenvalue weighted by molar-refractivity contribution is -0.131. The number of nitrogens with one attached hydrogen (secondary N) is 1. The minimum absolute atomic E-state index is 0.0122. The van der Waals surface area contributed by atoms with Crippen molar-refractivity contribution in [2.75, 3.05) is 13.2 Å². The van der Waals surface area contributed by atoms with Gasteiger partial charge in [-0.15, -0.1) is 9.24 Å². The van der Waals surface area contributed by atoms with Crippen LogP contribution in [-0.2, 0) is 9.59 Å². The third-order valence-electron chi connectivity index (χ3n) is 5.43. The molecular weight excluding hydrogens is 377 g/mol. The van der Waals surface area contributed by atoms with Crippen LogP contribution in [0, 0.1) is 18.7 Å². The molecule has 2 atom stereocenters. The van der Waals surface area contributed by atoms with Gasteiger partial charge in [-0.05, 0) is 68.0 Å². The Morgan fingerprint density at radius 2 is 2.07 bits per heavy atom. The molecule has 1 aliphatic carbocycles. The number of carbonyl (C=O) groups excluding carboxylic acids is 2. The first kappa shape index (κ1) is 22.8. The number of Topliss-reactive ketones (excluding diaryl/α,β-unsaturated/α-hetero) is 1. The summed E-state index contributed by atoms with van der Waals surface area (Å²) in [7, 11) is 4.30. The third-order valence-corrected chi connectivity index (χ3v) is 6.03. The molecule has 1 aliphatic rings. The van der Waals surface area contributed by atoms with Crippen LogP contribution in [0.2, 0.25) is 0 Å². The van der Waals surface area contributed by atoms with Crippen LogP contribution in [0.5, 0.6) is 5.75 Å². The Bertz CT molecular complexity index is 685. The third kappa shape index (κ3) is 6.02. The van der Waals surface area contributed by atoms with Crippen molar-refractivity contribution in [1.82, 2.24) is 5.32 Å². The molecule has 0 bridgehead atoms. The molecule has 154 valence electrons. The first-order valence-corrected chi connectivity index (χ1v) is 10.6. The standard InChI is InChI=1S/C20H31BFN2O3P/c1-12-10-16(28)17(21)19(18(12)22)27-11-15(25)14(8-4-5-9-23)24-20(26)13-6-2-3-7-13/h10,13-14H,2-9,11,21,23,28H2,1H3,(H,24,26). The van der Waals surface area contributed by atoms with Crippen molar-refractivity contribution in [3.63, 3.8) is 0 Å². The lowest BCUT2D eigenvalue weighted by Crippen LogP contribution is -2.45. The molecule has 8 heteroatoms. The van der Waals surface area contributed by atoms with Crippen LogP contribution in [0.25, 0.3) is 0 Å². The van der Waals surface area contributed by atoms with E-state index < -0.39 is 11.9 Å². The van der Waals surface area contributed by atoms with Gasteiger partial charge in [-0.1, -0.05) is 12.8 Å². The summed E-state index contributed by atoms with van der Waals surface area (Å²) in [4.78, 5) is 25.2. The van der Waals surface area contributed by atoms with Crippen molar-refractivity contribution in [3.8, 4) is 5.75 Å². The largest absolute Gasteiger partial charge is 0.483 e. The van der Waals surface area contributed by atoms with Gasteiger partial charge < -0.3 is 15.8 Å². The first-order chi connectivity index (χ1) is 13.3. The van der Waals surface area contributed by atoms with E-state index in [9.17, 15) is 14.0 Å². The second-order valence-corrected chi connectivity index (χ2v) is 8.25. The number of unbranched alkanes of at least 4 members (excludes halogenated alkanes) is 1. The molecule has 1 fully saturated rings. The molecule has 5 nitrogen and oxygen atoms in total. The van der Waals surface area contributed by atoms with Crippen LogP contribution < -0.4 is 26.6 Å². The average Bonchev–Trinajstić information content (AvgIpc) is 3.20. The molecule has 1 amide bonds. The van der Waals surface area contributed by atoms with Crippen LogP contribution in [0.1, 0.15) is 50.5 Å². The van der Waals surface area contributed by atoms with Crippen molar-refractivity contribution in [2.45, 2.75) is 57.9 Å². The monoisotopic (exact) mass is 408 g/mol. The Labute approximate surface area is 170 Å². The van der Waals surface area contributed by atoms with Gasteiger partial charge in [-0.3, -0.25) is 9.59 Å². The molecule has 0 saturated heterocycles. The molecule has 0 heterocycles. The fourth-order valence-electron chi connectivity index (χ4n) is 3.58. The number of ether oxygens (including phenoxy) is 1. The Kier molecular flexibility index (Phi) is 8.90. The number of benzene rings is 1. The van der Waals surface area contributed by atoms with Gasteiger partial charge in [0.2, 0.25) is 5.91 Å². The molecule has 2 unspecified atom stereocenters. The maximum atomic E-state index is 14.4. The molecule has 0 spiro atoms. The molecule has 0 aromatic heterocycles. The van der Waals surface area contributed by atoms with Crippen LogP contribution in [0.15, 0.2) is 6.07 Å². The van der Waals surface area contributed by atoms with E-state index in [0.29, 0.717) is 24.0 Å². The number of hydrogen-bond donors (Lipinski definition) is 2. The molecule has 1 saturated carbocycles. The summed E-state index contributed by atoms with van der Waals surface area (Å²) in [5.74, 6) is -0.669. The van der Waals surface area contributed by atoms with Gasteiger partial charge in [-0.2, -0.15) is 0 Å². The summed E-state index contributed by atoms with van der Waals surface area (Å²) >= 11 is 0. The van der Waals surface area contributed by atoms with Crippen molar-refractivity contribution in [2.24, 2.45) is 11.7 Å². The first-order valence-electron chi connectivity index (χ1n) is 10.1. The minimum atomic E-state index is -0.622. The number of hydrogen-bond acceptors (Lipinski definition) is 4. The number of halogens is 1. The van der Waals surface area contributed by atoms with E-state index in [1.54, 1.807) is 20.8 Å². The number of nitrogens with two attached hydrogens (primary N) is 1. The van der Waals surface area contributed by atoms with E-state index in [1.165, 1.54) is 0 Å². The Balaban J connectivity index is 2.04. The van der Waals surface area contributed by atoms with Gasteiger partial charge in [-0.25, -0.2) is 4.39 Å². The van der Waals surface area contributed by atoms with Gasteiger partial charge in [0, 0.05) is 5.92 Å². The number of carbonyl (C=O) groups is 2. The highest BCUT2D eigenvalue weighted by molar-refractivity contribution is 7.28. The molecule has 1 aromatic carbocycles. The smallest absolute Gasteiger partial charge is 0.223 e. The van der Waals surface area contributed by atoms with Gasteiger partial charge in [0.15, 0.2) is 11.6 Å². The Morgan fingerprint density at radius 3 is 2.71 bits per heavy atom.